The van der Waals surface area contributed by atoms with Gasteiger partial charge in [-0.25, -0.2) is 5.43 Å². The van der Waals surface area contributed by atoms with Gasteiger partial charge >= 0.3 is 0 Å². The number of hydrazine groups is 1. The van der Waals surface area contributed by atoms with Crippen molar-refractivity contribution in [1.82, 2.24) is 10.9 Å². The number of carbonyl (C=O) groups excluding carboxylic acids is 1. The van der Waals surface area contributed by atoms with Crippen LogP contribution in [0.5, 0.6) is 0 Å². The van der Waals surface area contributed by atoms with E-state index in [1.165, 1.54) is 0 Å². The van der Waals surface area contributed by atoms with Crippen LogP contribution in [-0.4, -0.2) is 11.9 Å². The molecule has 1 aliphatic rings. The van der Waals surface area contributed by atoms with Crippen LogP contribution in [-0.2, 0) is 0 Å². The summed E-state index contributed by atoms with van der Waals surface area (Å²) in [6.07, 6.45) is 2.32. The van der Waals surface area contributed by atoms with Gasteiger partial charge in [0.15, 0.2) is 0 Å². The summed E-state index contributed by atoms with van der Waals surface area (Å²) in [5.41, 5.74) is 7.52. The van der Waals surface area contributed by atoms with Gasteiger partial charge in [0.1, 0.15) is 0 Å². The van der Waals surface area contributed by atoms with Gasteiger partial charge in [0.05, 0.1) is 0 Å². The summed E-state index contributed by atoms with van der Waals surface area (Å²) in [5.74, 6) is -0.0584. The van der Waals surface area contributed by atoms with E-state index in [0.29, 0.717) is 11.6 Å². The van der Waals surface area contributed by atoms with Gasteiger partial charge in [0.2, 0.25) is 0 Å². The lowest BCUT2D eigenvalue weighted by Crippen LogP contribution is -2.38. The molecule has 1 fully saturated rings. The number of benzene rings is 1. The van der Waals surface area contributed by atoms with Gasteiger partial charge in [-0.05, 0) is 31.9 Å². The largest absolute Gasteiger partial charge is 0.287 e. The topological polar surface area (TPSA) is 41.1 Å². The van der Waals surface area contributed by atoms with Gasteiger partial charge in [-0.2, -0.15) is 0 Å². The molecule has 3 nitrogen and oxygen atoms in total. The zero-order valence-corrected chi connectivity index (χ0v) is 8.21. The first-order valence-corrected chi connectivity index (χ1v) is 4.88. The van der Waals surface area contributed by atoms with Crippen LogP contribution in [0, 0.1) is 6.92 Å². The van der Waals surface area contributed by atoms with E-state index in [2.05, 4.69) is 10.9 Å². The first-order chi connectivity index (χ1) is 6.75. The lowest BCUT2D eigenvalue weighted by atomic mass is 10.1. The Bertz CT molecular complexity index is 328. The predicted molar refractivity (Wildman–Crippen MR) is 54.8 cm³/mol. The second-order valence-corrected chi connectivity index (χ2v) is 3.74. The van der Waals surface area contributed by atoms with Crippen LogP contribution in [0.4, 0.5) is 0 Å². The highest BCUT2D eigenvalue weighted by Gasteiger charge is 2.21. The molecule has 0 bridgehead atoms. The normalized spacial score (nSPS) is 15.2. The Kier molecular flexibility index (Phi) is 2.50. The van der Waals surface area contributed by atoms with E-state index in [1.807, 2.05) is 31.2 Å². The molecule has 1 aromatic carbocycles. The zero-order valence-electron chi connectivity index (χ0n) is 8.21. The minimum atomic E-state index is -0.0584. The molecule has 2 N–H and O–H groups in total. The molecule has 0 spiro atoms. The monoisotopic (exact) mass is 190 g/mol. The highest BCUT2D eigenvalue weighted by Crippen LogP contribution is 2.17. The number of hydrogen-bond acceptors (Lipinski definition) is 2. The van der Waals surface area contributed by atoms with Crippen LogP contribution in [0.3, 0.4) is 0 Å². The van der Waals surface area contributed by atoms with E-state index in [-0.39, 0.29) is 5.91 Å². The first-order valence-electron chi connectivity index (χ1n) is 4.88. The van der Waals surface area contributed by atoms with Gasteiger partial charge < -0.3 is 0 Å². The Morgan fingerprint density at radius 2 is 1.93 bits per heavy atom. The maximum atomic E-state index is 11.5. The molecule has 14 heavy (non-hydrogen) atoms. The van der Waals surface area contributed by atoms with Crippen molar-refractivity contribution >= 4 is 5.91 Å². The third-order valence-electron chi connectivity index (χ3n) is 2.28. The lowest BCUT2D eigenvalue weighted by Gasteiger charge is -2.05. The first kappa shape index (κ1) is 9.21. The fraction of sp³-hybridized carbons (Fsp3) is 0.364. The number of rotatable bonds is 3. The van der Waals surface area contributed by atoms with Crippen molar-refractivity contribution in [3.05, 3.63) is 35.4 Å². The smallest absolute Gasteiger partial charge is 0.265 e. The zero-order chi connectivity index (χ0) is 9.97. The minimum Gasteiger partial charge on any atom is -0.287 e. The maximum Gasteiger partial charge on any atom is 0.265 e. The van der Waals surface area contributed by atoms with E-state index >= 15 is 0 Å². The molecule has 0 aromatic heterocycles. The number of hydrogen-bond donors (Lipinski definition) is 2. The maximum absolute atomic E-state index is 11.5. The van der Waals surface area contributed by atoms with Gasteiger partial charge in [-0.1, -0.05) is 17.7 Å². The molecule has 0 heterocycles. The third kappa shape index (κ3) is 2.33. The molecule has 74 valence electrons. The van der Waals surface area contributed by atoms with Gasteiger partial charge in [-0.15, -0.1) is 0 Å². The number of nitrogens with one attached hydrogen (secondary N) is 2. The van der Waals surface area contributed by atoms with Crippen LogP contribution in [0.2, 0.25) is 0 Å². The fourth-order valence-corrected chi connectivity index (χ4v) is 1.17. The molecular weight excluding hydrogens is 176 g/mol. The standard InChI is InChI=1S/C11H14N2O/c1-8-2-4-9(5-3-8)11(14)13-12-10-6-7-10/h2-5,10,12H,6-7H2,1H3,(H,13,14). The van der Waals surface area contributed by atoms with E-state index in [1.54, 1.807) is 0 Å². The molecule has 0 unspecified atom stereocenters. The summed E-state index contributed by atoms with van der Waals surface area (Å²) in [6, 6.07) is 8.03. The Hall–Kier alpha value is -1.35. The minimum absolute atomic E-state index is 0.0584. The molecular formula is C11H14N2O. The molecule has 3 heteroatoms. The summed E-state index contributed by atoms with van der Waals surface area (Å²) in [7, 11) is 0. The van der Waals surface area contributed by atoms with Gasteiger partial charge in [0.25, 0.3) is 5.91 Å². The van der Waals surface area contributed by atoms with Crippen LogP contribution < -0.4 is 10.9 Å². The summed E-state index contributed by atoms with van der Waals surface area (Å²) < 4.78 is 0. The van der Waals surface area contributed by atoms with Crippen molar-refractivity contribution in [3.63, 3.8) is 0 Å². The second kappa shape index (κ2) is 3.80. The van der Waals surface area contributed by atoms with Crippen molar-refractivity contribution in [2.24, 2.45) is 0 Å². The molecule has 0 radical (unpaired) electrons. The highest BCUT2D eigenvalue weighted by atomic mass is 16.2. The Morgan fingerprint density at radius 1 is 1.29 bits per heavy atom. The molecule has 0 atom stereocenters. The highest BCUT2D eigenvalue weighted by molar-refractivity contribution is 5.93. The molecule has 0 saturated heterocycles. The van der Waals surface area contributed by atoms with Crippen LogP contribution >= 0.6 is 0 Å². The quantitative estimate of drug-likeness (QED) is 0.707. The molecule has 1 saturated carbocycles. The van der Waals surface area contributed by atoms with Crippen LogP contribution in [0.15, 0.2) is 24.3 Å². The van der Waals surface area contributed by atoms with Crippen molar-refractivity contribution in [2.45, 2.75) is 25.8 Å². The average Bonchev–Trinajstić information content (AvgIpc) is 2.99. The van der Waals surface area contributed by atoms with E-state index < -0.39 is 0 Å². The van der Waals surface area contributed by atoms with Crippen molar-refractivity contribution in [3.8, 4) is 0 Å². The van der Waals surface area contributed by atoms with Crippen molar-refractivity contribution in [2.75, 3.05) is 0 Å². The summed E-state index contributed by atoms with van der Waals surface area (Å²) in [5, 5.41) is 0. The molecule has 2 rings (SSSR count). The number of aryl methyl sites for hydroxylation is 1. The Labute approximate surface area is 83.5 Å². The predicted octanol–water partition coefficient (Wildman–Crippen LogP) is 1.39. The van der Waals surface area contributed by atoms with Crippen LogP contribution in [0.1, 0.15) is 28.8 Å². The molecule has 1 aromatic rings. The van der Waals surface area contributed by atoms with Gasteiger partial charge in [0, 0.05) is 11.6 Å². The fourth-order valence-electron chi connectivity index (χ4n) is 1.17. The van der Waals surface area contributed by atoms with E-state index in [4.69, 9.17) is 0 Å². The van der Waals surface area contributed by atoms with E-state index in [0.717, 1.165) is 18.4 Å². The Balaban J connectivity index is 1.92. The summed E-state index contributed by atoms with van der Waals surface area (Å²) in [6.45, 7) is 2.00. The lowest BCUT2D eigenvalue weighted by molar-refractivity contribution is 0.0932. The summed E-state index contributed by atoms with van der Waals surface area (Å²) in [4.78, 5) is 11.5. The van der Waals surface area contributed by atoms with Crippen molar-refractivity contribution < 1.29 is 4.79 Å². The number of carbonyl (C=O) groups is 1. The average molecular weight is 190 g/mol. The SMILES string of the molecule is Cc1ccc(C(=O)NNC2CC2)cc1. The molecule has 1 aliphatic carbocycles. The molecule has 0 aliphatic heterocycles. The van der Waals surface area contributed by atoms with Gasteiger partial charge in [-0.3, -0.25) is 10.2 Å². The van der Waals surface area contributed by atoms with Crippen molar-refractivity contribution in [1.29, 1.82) is 0 Å². The molecule has 1 amide bonds. The third-order valence-corrected chi connectivity index (χ3v) is 2.28. The summed E-state index contributed by atoms with van der Waals surface area (Å²) >= 11 is 0. The van der Waals surface area contributed by atoms with E-state index in [9.17, 15) is 4.79 Å². The van der Waals surface area contributed by atoms with Crippen LogP contribution in [0.25, 0.3) is 0 Å². The second-order valence-electron chi connectivity index (χ2n) is 3.74. The Morgan fingerprint density at radius 3 is 2.50 bits per heavy atom. The number of amides is 1.